The number of aryl methyl sites for hydroxylation is 1. The molecule has 0 aliphatic carbocycles. The lowest BCUT2D eigenvalue weighted by Crippen LogP contribution is -2.16. The van der Waals surface area contributed by atoms with E-state index in [4.69, 9.17) is 16.9 Å². The molecule has 0 heterocycles. The van der Waals surface area contributed by atoms with Gasteiger partial charge in [-0.3, -0.25) is 4.72 Å². The lowest BCUT2D eigenvalue weighted by molar-refractivity contribution is 0.600. The molecule has 6 heteroatoms. The normalized spacial score (nSPS) is 10.9. The SMILES string of the molecule is Cc1ccc(NS(=O)(=O)Cc2ccccc2C#N)c(Cl)c1. The van der Waals surface area contributed by atoms with Crippen LogP contribution in [0.5, 0.6) is 0 Å². The fourth-order valence-corrected chi connectivity index (χ4v) is 3.45. The summed E-state index contributed by atoms with van der Waals surface area (Å²) in [5.74, 6) is -0.277. The zero-order valence-corrected chi connectivity index (χ0v) is 12.9. The van der Waals surface area contributed by atoms with Gasteiger partial charge in [0, 0.05) is 0 Å². The molecule has 4 nitrogen and oxygen atoms in total. The number of benzene rings is 2. The Kier molecular flexibility index (Phi) is 4.51. The molecule has 0 unspecified atom stereocenters. The van der Waals surface area contributed by atoms with Crippen LogP contribution in [0.15, 0.2) is 42.5 Å². The molecular weight excluding hydrogens is 308 g/mol. The molecule has 0 aliphatic rings. The molecule has 0 amide bonds. The molecule has 0 spiro atoms. The minimum absolute atomic E-state index is 0.277. The van der Waals surface area contributed by atoms with Gasteiger partial charge < -0.3 is 0 Å². The van der Waals surface area contributed by atoms with Gasteiger partial charge in [-0.25, -0.2) is 8.42 Å². The van der Waals surface area contributed by atoms with Gasteiger partial charge in [0.1, 0.15) is 0 Å². The van der Waals surface area contributed by atoms with Gasteiger partial charge in [0.15, 0.2) is 0 Å². The molecule has 0 bridgehead atoms. The summed E-state index contributed by atoms with van der Waals surface area (Å²) in [6.45, 7) is 1.87. The summed E-state index contributed by atoms with van der Waals surface area (Å²) in [5.41, 5.74) is 2.07. The summed E-state index contributed by atoms with van der Waals surface area (Å²) in [6.07, 6.45) is 0. The zero-order chi connectivity index (χ0) is 15.5. The first-order chi connectivity index (χ1) is 9.91. The maximum Gasteiger partial charge on any atom is 0.237 e. The second-order valence-electron chi connectivity index (χ2n) is 4.61. The molecule has 2 aromatic rings. The summed E-state index contributed by atoms with van der Waals surface area (Å²) in [4.78, 5) is 0. The molecule has 0 aromatic heterocycles. The monoisotopic (exact) mass is 320 g/mol. The highest BCUT2D eigenvalue weighted by Gasteiger charge is 2.15. The molecule has 0 aliphatic heterocycles. The number of sulfonamides is 1. The van der Waals surface area contributed by atoms with Crippen LogP contribution in [0.3, 0.4) is 0 Å². The van der Waals surface area contributed by atoms with E-state index in [1.807, 2.05) is 13.0 Å². The van der Waals surface area contributed by atoms with E-state index in [2.05, 4.69) is 4.72 Å². The van der Waals surface area contributed by atoms with Crippen molar-refractivity contribution in [2.24, 2.45) is 0 Å². The van der Waals surface area contributed by atoms with Crippen molar-refractivity contribution in [2.45, 2.75) is 12.7 Å². The van der Waals surface area contributed by atoms with Crippen LogP contribution < -0.4 is 4.72 Å². The second-order valence-corrected chi connectivity index (χ2v) is 6.74. The minimum Gasteiger partial charge on any atom is -0.282 e. The maximum absolute atomic E-state index is 12.2. The average Bonchev–Trinajstić information content (AvgIpc) is 2.42. The number of rotatable bonds is 4. The van der Waals surface area contributed by atoms with Crippen molar-refractivity contribution in [2.75, 3.05) is 4.72 Å². The van der Waals surface area contributed by atoms with Gasteiger partial charge in [-0.15, -0.1) is 0 Å². The fourth-order valence-electron chi connectivity index (χ4n) is 1.87. The molecule has 2 aromatic carbocycles. The van der Waals surface area contributed by atoms with E-state index < -0.39 is 10.0 Å². The maximum atomic E-state index is 12.2. The topological polar surface area (TPSA) is 70.0 Å². The van der Waals surface area contributed by atoms with Crippen LogP contribution in [0.1, 0.15) is 16.7 Å². The van der Waals surface area contributed by atoms with E-state index in [0.29, 0.717) is 21.8 Å². The van der Waals surface area contributed by atoms with Gasteiger partial charge >= 0.3 is 0 Å². The molecule has 0 saturated heterocycles. The Balaban J connectivity index is 2.25. The van der Waals surface area contributed by atoms with Crippen molar-refractivity contribution in [3.63, 3.8) is 0 Å². The van der Waals surface area contributed by atoms with E-state index >= 15 is 0 Å². The number of nitrogens with one attached hydrogen (secondary N) is 1. The smallest absolute Gasteiger partial charge is 0.237 e. The standard InChI is InChI=1S/C15H13ClN2O2S/c1-11-6-7-15(14(16)8-11)18-21(19,20)10-13-5-3-2-4-12(13)9-17/h2-8,18H,10H2,1H3. The first-order valence-electron chi connectivity index (χ1n) is 6.16. The molecular formula is C15H13ClN2O2S. The van der Waals surface area contributed by atoms with Gasteiger partial charge in [-0.2, -0.15) is 5.26 Å². The Morgan fingerprint density at radius 1 is 1.24 bits per heavy atom. The first kappa shape index (κ1) is 15.4. The van der Waals surface area contributed by atoms with Crippen molar-refractivity contribution >= 4 is 27.3 Å². The largest absolute Gasteiger partial charge is 0.282 e. The van der Waals surface area contributed by atoms with Crippen LogP contribution in [0.4, 0.5) is 5.69 Å². The highest BCUT2D eigenvalue weighted by Crippen LogP contribution is 2.24. The van der Waals surface area contributed by atoms with E-state index in [-0.39, 0.29) is 5.75 Å². The highest BCUT2D eigenvalue weighted by molar-refractivity contribution is 7.91. The number of hydrogen-bond donors (Lipinski definition) is 1. The van der Waals surface area contributed by atoms with E-state index in [1.54, 1.807) is 42.5 Å². The van der Waals surface area contributed by atoms with Crippen LogP contribution in [0.2, 0.25) is 5.02 Å². The van der Waals surface area contributed by atoms with Crippen molar-refractivity contribution in [1.82, 2.24) is 0 Å². The van der Waals surface area contributed by atoms with Gasteiger partial charge in [-0.1, -0.05) is 35.9 Å². The van der Waals surface area contributed by atoms with Crippen molar-refractivity contribution in [3.05, 3.63) is 64.2 Å². The lowest BCUT2D eigenvalue weighted by atomic mass is 10.1. The molecule has 0 atom stereocenters. The van der Waals surface area contributed by atoms with Gasteiger partial charge in [0.2, 0.25) is 10.0 Å². The van der Waals surface area contributed by atoms with E-state index in [9.17, 15) is 8.42 Å². The first-order valence-corrected chi connectivity index (χ1v) is 8.19. The summed E-state index contributed by atoms with van der Waals surface area (Å²) in [6, 6.07) is 13.7. The van der Waals surface area contributed by atoms with Crippen LogP contribution in [-0.4, -0.2) is 8.42 Å². The van der Waals surface area contributed by atoms with Crippen LogP contribution in [0.25, 0.3) is 0 Å². The minimum atomic E-state index is -3.64. The zero-order valence-electron chi connectivity index (χ0n) is 11.3. The Morgan fingerprint density at radius 2 is 1.95 bits per heavy atom. The van der Waals surface area contributed by atoms with E-state index in [1.165, 1.54) is 0 Å². The van der Waals surface area contributed by atoms with Crippen LogP contribution in [-0.2, 0) is 15.8 Å². The Bertz CT molecular complexity index is 811. The fraction of sp³-hybridized carbons (Fsp3) is 0.133. The third-order valence-corrected chi connectivity index (χ3v) is 4.41. The number of halogens is 1. The summed E-state index contributed by atoms with van der Waals surface area (Å²) in [7, 11) is -3.64. The molecule has 0 saturated carbocycles. The number of hydrogen-bond acceptors (Lipinski definition) is 3. The predicted molar refractivity (Wildman–Crippen MR) is 83.6 cm³/mol. The Labute approximate surface area is 129 Å². The van der Waals surface area contributed by atoms with Crippen molar-refractivity contribution < 1.29 is 8.42 Å². The summed E-state index contributed by atoms with van der Waals surface area (Å²) < 4.78 is 26.8. The molecule has 2 rings (SSSR count). The quantitative estimate of drug-likeness (QED) is 0.937. The van der Waals surface area contributed by atoms with Crippen molar-refractivity contribution in [3.8, 4) is 6.07 Å². The summed E-state index contributed by atoms with van der Waals surface area (Å²) in [5, 5.41) is 9.33. The highest BCUT2D eigenvalue weighted by atomic mass is 35.5. The molecule has 0 fully saturated rings. The number of nitriles is 1. The third kappa shape index (κ3) is 3.97. The molecule has 0 radical (unpaired) electrons. The van der Waals surface area contributed by atoms with Gasteiger partial charge in [0.25, 0.3) is 0 Å². The number of anilines is 1. The van der Waals surface area contributed by atoms with Crippen molar-refractivity contribution in [1.29, 1.82) is 5.26 Å². The predicted octanol–water partition coefficient (Wildman–Crippen LogP) is 3.46. The average molecular weight is 321 g/mol. The third-order valence-electron chi connectivity index (χ3n) is 2.87. The molecule has 21 heavy (non-hydrogen) atoms. The molecule has 108 valence electrons. The molecule has 1 N–H and O–H groups in total. The van der Waals surface area contributed by atoms with E-state index in [0.717, 1.165) is 5.56 Å². The second kappa shape index (κ2) is 6.17. The van der Waals surface area contributed by atoms with Crippen LogP contribution >= 0.6 is 11.6 Å². The lowest BCUT2D eigenvalue weighted by Gasteiger charge is -2.10. The summed E-state index contributed by atoms with van der Waals surface area (Å²) >= 11 is 6.02. The Hall–Kier alpha value is -2.03. The number of nitrogens with zero attached hydrogens (tertiary/aromatic N) is 1. The van der Waals surface area contributed by atoms with Gasteiger partial charge in [-0.05, 0) is 36.2 Å². The van der Waals surface area contributed by atoms with Gasteiger partial charge in [0.05, 0.1) is 28.1 Å². The van der Waals surface area contributed by atoms with Crippen LogP contribution in [0, 0.1) is 18.3 Å². The Morgan fingerprint density at radius 3 is 2.62 bits per heavy atom.